The van der Waals surface area contributed by atoms with Crippen LogP contribution in [0, 0.1) is 0 Å². The molecule has 0 aromatic heterocycles. The molecule has 0 amide bonds. The largest absolute Gasteiger partial charge is 0.314 e. The van der Waals surface area contributed by atoms with E-state index in [-0.39, 0.29) is 0 Å². The average molecular weight is 212 g/mol. The fraction of sp³-hybridized carbons (Fsp3) is 1.00. The van der Waals surface area contributed by atoms with Gasteiger partial charge < -0.3 is 10.2 Å². The topological polar surface area (TPSA) is 15.3 Å². The van der Waals surface area contributed by atoms with E-state index in [4.69, 9.17) is 0 Å². The molecule has 2 heteroatoms. The summed E-state index contributed by atoms with van der Waals surface area (Å²) in [5.74, 6) is 0. The summed E-state index contributed by atoms with van der Waals surface area (Å²) in [5.41, 5.74) is 0. The Morgan fingerprint density at radius 1 is 1.07 bits per heavy atom. The molecule has 0 aromatic rings. The van der Waals surface area contributed by atoms with E-state index in [9.17, 15) is 0 Å². The van der Waals surface area contributed by atoms with E-state index in [0.717, 1.165) is 6.04 Å². The molecule has 15 heavy (non-hydrogen) atoms. The SMILES string of the molecule is CCCCCN(C)CCCCNC1CC1. The highest BCUT2D eigenvalue weighted by Crippen LogP contribution is 2.18. The lowest BCUT2D eigenvalue weighted by molar-refractivity contribution is 0.317. The summed E-state index contributed by atoms with van der Waals surface area (Å²) in [4.78, 5) is 2.48. The summed E-state index contributed by atoms with van der Waals surface area (Å²) in [6, 6.07) is 0.882. The van der Waals surface area contributed by atoms with Gasteiger partial charge in [-0.05, 0) is 58.8 Å². The first-order valence-electron chi connectivity index (χ1n) is 6.75. The lowest BCUT2D eigenvalue weighted by Gasteiger charge is -2.16. The third kappa shape index (κ3) is 7.80. The first-order valence-corrected chi connectivity index (χ1v) is 6.75. The minimum atomic E-state index is 0.882. The Hall–Kier alpha value is -0.0800. The molecule has 1 aliphatic rings. The lowest BCUT2D eigenvalue weighted by Crippen LogP contribution is -2.23. The van der Waals surface area contributed by atoms with Crippen molar-refractivity contribution in [3.05, 3.63) is 0 Å². The van der Waals surface area contributed by atoms with Crippen LogP contribution in [0.15, 0.2) is 0 Å². The number of nitrogens with one attached hydrogen (secondary N) is 1. The molecule has 90 valence electrons. The molecular weight excluding hydrogens is 184 g/mol. The van der Waals surface area contributed by atoms with Crippen LogP contribution in [0.5, 0.6) is 0 Å². The van der Waals surface area contributed by atoms with Crippen molar-refractivity contribution in [2.24, 2.45) is 0 Å². The van der Waals surface area contributed by atoms with Crippen molar-refractivity contribution in [1.29, 1.82) is 0 Å². The normalized spacial score (nSPS) is 16.2. The van der Waals surface area contributed by atoms with Crippen LogP contribution < -0.4 is 5.32 Å². The molecule has 0 unspecified atom stereocenters. The van der Waals surface area contributed by atoms with Gasteiger partial charge in [-0.3, -0.25) is 0 Å². The van der Waals surface area contributed by atoms with Crippen molar-refractivity contribution >= 4 is 0 Å². The first kappa shape index (κ1) is 13.0. The third-order valence-electron chi connectivity index (χ3n) is 3.12. The molecule has 1 fully saturated rings. The van der Waals surface area contributed by atoms with E-state index in [2.05, 4.69) is 24.2 Å². The van der Waals surface area contributed by atoms with Crippen LogP contribution >= 0.6 is 0 Å². The van der Waals surface area contributed by atoms with Gasteiger partial charge in [0.2, 0.25) is 0 Å². The zero-order valence-electron chi connectivity index (χ0n) is 10.6. The van der Waals surface area contributed by atoms with Gasteiger partial charge in [-0.1, -0.05) is 19.8 Å². The molecule has 0 radical (unpaired) electrons. The van der Waals surface area contributed by atoms with Gasteiger partial charge in [0.15, 0.2) is 0 Å². The number of hydrogen-bond donors (Lipinski definition) is 1. The maximum absolute atomic E-state index is 3.56. The lowest BCUT2D eigenvalue weighted by atomic mass is 10.2. The van der Waals surface area contributed by atoms with Gasteiger partial charge in [0.1, 0.15) is 0 Å². The minimum absolute atomic E-state index is 0.882. The molecule has 0 atom stereocenters. The van der Waals surface area contributed by atoms with Gasteiger partial charge in [-0.25, -0.2) is 0 Å². The molecule has 0 heterocycles. The summed E-state index contributed by atoms with van der Waals surface area (Å²) in [7, 11) is 2.25. The average Bonchev–Trinajstić information content (AvgIpc) is 3.02. The predicted octanol–water partition coefficient (Wildman–Crippen LogP) is 2.64. The number of nitrogens with zero attached hydrogens (tertiary/aromatic N) is 1. The standard InChI is InChI=1S/C13H28N2/c1-3-4-6-11-15(2)12-7-5-10-14-13-8-9-13/h13-14H,3-12H2,1-2H3. The molecule has 0 aliphatic heterocycles. The molecule has 2 nitrogen and oxygen atoms in total. The van der Waals surface area contributed by atoms with E-state index < -0.39 is 0 Å². The van der Waals surface area contributed by atoms with Crippen molar-refractivity contribution < 1.29 is 0 Å². The summed E-state index contributed by atoms with van der Waals surface area (Å²) < 4.78 is 0. The molecule has 1 saturated carbocycles. The summed E-state index contributed by atoms with van der Waals surface area (Å²) in [6.07, 6.45) is 9.60. The van der Waals surface area contributed by atoms with Crippen LogP contribution in [0.1, 0.15) is 51.9 Å². The second-order valence-corrected chi connectivity index (χ2v) is 4.95. The smallest absolute Gasteiger partial charge is 0.00682 e. The summed E-state index contributed by atoms with van der Waals surface area (Å²) >= 11 is 0. The molecule has 1 N–H and O–H groups in total. The molecule has 0 spiro atoms. The van der Waals surface area contributed by atoms with Gasteiger partial charge in [-0.15, -0.1) is 0 Å². The Balaban J connectivity index is 1.76. The van der Waals surface area contributed by atoms with E-state index in [1.54, 1.807) is 0 Å². The van der Waals surface area contributed by atoms with Gasteiger partial charge in [-0.2, -0.15) is 0 Å². The molecule has 1 rings (SSSR count). The molecule has 0 saturated heterocycles. The monoisotopic (exact) mass is 212 g/mol. The Kier molecular flexibility index (Phi) is 7.03. The van der Waals surface area contributed by atoms with Crippen LogP contribution in [0.25, 0.3) is 0 Å². The minimum Gasteiger partial charge on any atom is -0.314 e. The van der Waals surface area contributed by atoms with Crippen LogP contribution in [0.2, 0.25) is 0 Å². The number of rotatable bonds is 10. The Bertz CT molecular complexity index is 143. The predicted molar refractivity (Wildman–Crippen MR) is 67.3 cm³/mol. The van der Waals surface area contributed by atoms with Crippen molar-refractivity contribution in [2.45, 2.75) is 57.9 Å². The molecule has 0 bridgehead atoms. The fourth-order valence-electron chi connectivity index (χ4n) is 1.84. The maximum atomic E-state index is 3.56. The molecule has 1 aliphatic carbocycles. The quantitative estimate of drug-likeness (QED) is 0.560. The highest BCUT2D eigenvalue weighted by atomic mass is 15.1. The van der Waals surface area contributed by atoms with E-state index in [1.807, 2.05) is 0 Å². The zero-order chi connectivity index (χ0) is 10.9. The highest BCUT2D eigenvalue weighted by Gasteiger charge is 2.19. The first-order chi connectivity index (χ1) is 7.33. The molecule has 0 aromatic carbocycles. The zero-order valence-corrected chi connectivity index (χ0v) is 10.6. The van der Waals surface area contributed by atoms with Crippen LogP contribution in [-0.4, -0.2) is 37.6 Å². The second kappa shape index (κ2) is 8.12. The van der Waals surface area contributed by atoms with Gasteiger partial charge in [0.05, 0.1) is 0 Å². The maximum Gasteiger partial charge on any atom is 0.00682 e. The van der Waals surface area contributed by atoms with Crippen molar-refractivity contribution in [3.8, 4) is 0 Å². The van der Waals surface area contributed by atoms with Crippen molar-refractivity contribution in [2.75, 3.05) is 26.7 Å². The Morgan fingerprint density at radius 3 is 2.33 bits per heavy atom. The van der Waals surface area contributed by atoms with Gasteiger partial charge >= 0.3 is 0 Å². The van der Waals surface area contributed by atoms with Crippen LogP contribution in [0.4, 0.5) is 0 Å². The summed E-state index contributed by atoms with van der Waals surface area (Å²) in [6.45, 7) is 6.05. The van der Waals surface area contributed by atoms with E-state index in [1.165, 1.54) is 64.6 Å². The highest BCUT2D eigenvalue weighted by molar-refractivity contribution is 4.80. The van der Waals surface area contributed by atoms with Crippen molar-refractivity contribution in [1.82, 2.24) is 10.2 Å². The van der Waals surface area contributed by atoms with Gasteiger partial charge in [0.25, 0.3) is 0 Å². The van der Waals surface area contributed by atoms with Gasteiger partial charge in [0, 0.05) is 6.04 Å². The van der Waals surface area contributed by atoms with E-state index in [0.29, 0.717) is 0 Å². The van der Waals surface area contributed by atoms with Crippen LogP contribution in [0.3, 0.4) is 0 Å². The fourth-order valence-corrected chi connectivity index (χ4v) is 1.84. The molecular formula is C13H28N2. The van der Waals surface area contributed by atoms with Crippen molar-refractivity contribution in [3.63, 3.8) is 0 Å². The van der Waals surface area contributed by atoms with E-state index >= 15 is 0 Å². The second-order valence-electron chi connectivity index (χ2n) is 4.95. The Labute approximate surface area is 95.4 Å². The summed E-state index contributed by atoms with van der Waals surface area (Å²) in [5, 5.41) is 3.56. The number of hydrogen-bond acceptors (Lipinski definition) is 2. The number of unbranched alkanes of at least 4 members (excludes halogenated alkanes) is 3. The third-order valence-corrected chi connectivity index (χ3v) is 3.12. The van der Waals surface area contributed by atoms with Crippen LogP contribution in [-0.2, 0) is 0 Å². The Morgan fingerprint density at radius 2 is 1.73 bits per heavy atom.